The number of fused-ring (bicyclic) bond motifs is 2. The van der Waals surface area contributed by atoms with Gasteiger partial charge in [0.1, 0.15) is 0 Å². The van der Waals surface area contributed by atoms with Crippen LogP contribution in [0.5, 0.6) is 0 Å². The van der Waals surface area contributed by atoms with Gasteiger partial charge in [-0.15, -0.1) is 0 Å². The van der Waals surface area contributed by atoms with E-state index in [9.17, 15) is 18.0 Å². The first-order chi connectivity index (χ1) is 10.8. The summed E-state index contributed by atoms with van der Waals surface area (Å²) < 4.78 is 40.3. The largest absolute Gasteiger partial charge is 0.416 e. The van der Waals surface area contributed by atoms with Gasteiger partial charge in [-0.3, -0.25) is 9.69 Å². The summed E-state index contributed by atoms with van der Waals surface area (Å²) in [6.07, 6.45) is -3.18. The molecule has 1 amide bonds. The molecule has 2 heterocycles. The van der Waals surface area contributed by atoms with Crippen molar-refractivity contribution in [3.8, 4) is 0 Å². The SMILES string of the molecule is CC(c1cc2c(c(C(F)(F)F)c1)CN(C)C2=O)N1CC2CC2C1. The highest BCUT2D eigenvalue weighted by atomic mass is 19.4. The fourth-order valence-corrected chi connectivity index (χ4v) is 4.03. The van der Waals surface area contributed by atoms with E-state index < -0.39 is 11.7 Å². The zero-order valence-corrected chi connectivity index (χ0v) is 13.2. The Bertz CT molecular complexity index is 675. The molecule has 23 heavy (non-hydrogen) atoms. The van der Waals surface area contributed by atoms with Gasteiger partial charge in [0, 0.05) is 38.3 Å². The molecule has 4 rings (SSSR count). The zero-order valence-electron chi connectivity index (χ0n) is 13.2. The maximum atomic E-state index is 13.4. The van der Waals surface area contributed by atoms with Crippen molar-refractivity contribution < 1.29 is 18.0 Å². The summed E-state index contributed by atoms with van der Waals surface area (Å²) in [6.45, 7) is 3.89. The lowest BCUT2D eigenvalue weighted by Crippen LogP contribution is -2.27. The molecular formula is C17H19F3N2O. The number of halogens is 3. The highest BCUT2D eigenvalue weighted by Gasteiger charge is 2.47. The van der Waals surface area contributed by atoms with Gasteiger partial charge in [0.2, 0.25) is 0 Å². The lowest BCUT2D eigenvalue weighted by atomic mass is 9.95. The molecule has 0 spiro atoms. The van der Waals surface area contributed by atoms with E-state index in [2.05, 4.69) is 4.90 Å². The minimum atomic E-state index is -4.43. The Labute approximate surface area is 133 Å². The molecule has 3 nitrogen and oxygen atoms in total. The summed E-state index contributed by atoms with van der Waals surface area (Å²) >= 11 is 0. The standard InChI is InChI=1S/C17H19F3N2O/c1-9(22-6-11-3-12(11)7-22)10-4-13-14(8-21(2)16(13)23)15(5-10)17(18,19)20/h4-5,9,11-12H,3,6-8H2,1-2H3. The van der Waals surface area contributed by atoms with Gasteiger partial charge in [0.25, 0.3) is 5.91 Å². The molecule has 1 saturated carbocycles. The normalized spacial score (nSPS) is 28.0. The number of benzene rings is 1. The molecule has 1 aliphatic carbocycles. The second-order valence-electron chi connectivity index (χ2n) is 7.14. The fourth-order valence-electron chi connectivity index (χ4n) is 4.03. The van der Waals surface area contributed by atoms with Crippen LogP contribution in [0.4, 0.5) is 13.2 Å². The molecule has 0 N–H and O–H groups in total. The molecule has 2 aliphatic heterocycles. The Hall–Kier alpha value is -1.56. The first-order valence-electron chi connectivity index (χ1n) is 7.99. The van der Waals surface area contributed by atoms with E-state index in [1.807, 2.05) is 6.92 Å². The monoisotopic (exact) mass is 324 g/mol. The number of piperidine rings is 1. The van der Waals surface area contributed by atoms with Crippen LogP contribution in [0.25, 0.3) is 0 Å². The molecule has 1 saturated heterocycles. The van der Waals surface area contributed by atoms with Crippen LogP contribution >= 0.6 is 0 Å². The van der Waals surface area contributed by atoms with Crippen LogP contribution in [0.1, 0.15) is 46.4 Å². The van der Waals surface area contributed by atoms with Crippen molar-refractivity contribution >= 4 is 5.91 Å². The summed E-state index contributed by atoms with van der Waals surface area (Å²) in [5.74, 6) is 1.13. The van der Waals surface area contributed by atoms with E-state index in [1.54, 1.807) is 13.1 Å². The first-order valence-corrected chi connectivity index (χ1v) is 7.99. The first kappa shape index (κ1) is 15.0. The highest BCUT2D eigenvalue weighted by Crippen LogP contribution is 2.48. The average molecular weight is 324 g/mol. The molecule has 0 bridgehead atoms. The Morgan fingerprint density at radius 3 is 2.48 bits per heavy atom. The second-order valence-corrected chi connectivity index (χ2v) is 7.14. The van der Waals surface area contributed by atoms with Crippen molar-refractivity contribution in [2.45, 2.75) is 32.1 Å². The number of hydrogen-bond donors (Lipinski definition) is 0. The molecule has 3 atom stereocenters. The third kappa shape index (κ3) is 2.35. The second kappa shape index (κ2) is 4.72. The number of nitrogens with zero attached hydrogens (tertiary/aromatic N) is 2. The van der Waals surface area contributed by atoms with Gasteiger partial charge >= 0.3 is 6.18 Å². The van der Waals surface area contributed by atoms with E-state index >= 15 is 0 Å². The van der Waals surface area contributed by atoms with E-state index in [0.29, 0.717) is 5.56 Å². The Morgan fingerprint density at radius 2 is 1.87 bits per heavy atom. The van der Waals surface area contributed by atoms with Crippen LogP contribution in [0.2, 0.25) is 0 Å². The Morgan fingerprint density at radius 1 is 1.22 bits per heavy atom. The topological polar surface area (TPSA) is 23.6 Å². The minimum absolute atomic E-state index is 0.0333. The molecule has 3 unspecified atom stereocenters. The van der Waals surface area contributed by atoms with Crippen molar-refractivity contribution in [3.05, 3.63) is 34.4 Å². The number of hydrogen-bond acceptors (Lipinski definition) is 2. The number of amides is 1. The van der Waals surface area contributed by atoms with Crippen LogP contribution < -0.4 is 0 Å². The maximum absolute atomic E-state index is 13.4. The average Bonchev–Trinajstić information content (AvgIpc) is 2.98. The minimum Gasteiger partial charge on any atom is -0.337 e. The molecule has 124 valence electrons. The molecule has 0 aromatic heterocycles. The van der Waals surface area contributed by atoms with E-state index in [-0.39, 0.29) is 29.6 Å². The van der Waals surface area contributed by atoms with E-state index in [1.165, 1.54) is 17.4 Å². The number of alkyl halides is 3. The van der Waals surface area contributed by atoms with Gasteiger partial charge in [-0.1, -0.05) is 0 Å². The van der Waals surface area contributed by atoms with E-state index in [4.69, 9.17) is 0 Å². The highest BCUT2D eigenvalue weighted by molar-refractivity contribution is 5.98. The molecule has 1 aromatic carbocycles. The van der Waals surface area contributed by atoms with Gasteiger partial charge in [0.15, 0.2) is 0 Å². The van der Waals surface area contributed by atoms with Crippen LogP contribution in [-0.4, -0.2) is 35.8 Å². The van der Waals surface area contributed by atoms with Crippen LogP contribution in [0.3, 0.4) is 0 Å². The van der Waals surface area contributed by atoms with E-state index in [0.717, 1.165) is 24.9 Å². The van der Waals surface area contributed by atoms with Gasteiger partial charge in [-0.25, -0.2) is 0 Å². The Balaban J connectivity index is 1.74. The molecule has 1 aromatic rings. The van der Waals surface area contributed by atoms with Gasteiger partial charge in [0.05, 0.1) is 5.56 Å². The van der Waals surface area contributed by atoms with Crippen molar-refractivity contribution in [2.24, 2.45) is 11.8 Å². The lowest BCUT2D eigenvalue weighted by Gasteiger charge is -2.27. The smallest absolute Gasteiger partial charge is 0.337 e. The summed E-state index contributed by atoms with van der Waals surface area (Å²) in [6, 6.07) is 2.83. The quantitative estimate of drug-likeness (QED) is 0.833. The van der Waals surface area contributed by atoms with Crippen molar-refractivity contribution in [2.75, 3.05) is 20.1 Å². The summed E-state index contributed by atoms with van der Waals surface area (Å²) in [5, 5.41) is 0. The van der Waals surface area contributed by atoms with Crippen LogP contribution in [-0.2, 0) is 12.7 Å². The predicted octanol–water partition coefficient (Wildman–Crippen LogP) is 3.30. The van der Waals surface area contributed by atoms with Gasteiger partial charge in [-0.05, 0) is 48.4 Å². The van der Waals surface area contributed by atoms with Crippen molar-refractivity contribution in [1.29, 1.82) is 0 Å². The zero-order chi connectivity index (χ0) is 16.5. The number of carbonyl (C=O) groups excluding carboxylic acids is 1. The third-order valence-corrected chi connectivity index (χ3v) is 5.59. The number of rotatable bonds is 2. The summed E-state index contributed by atoms with van der Waals surface area (Å²) in [4.78, 5) is 15.8. The summed E-state index contributed by atoms with van der Waals surface area (Å²) in [7, 11) is 1.54. The Kier molecular flexibility index (Phi) is 3.08. The molecule has 2 fully saturated rings. The van der Waals surface area contributed by atoms with Gasteiger partial charge in [-0.2, -0.15) is 13.2 Å². The third-order valence-electron chi connectivity index (χ3n) is 5.59. The predicted molar refractivity (Wildman–Crippen MR) is 78.8 cm³/mol. The lowest BCUT2D eigenvalue weighted by molar-refractivity contribution is -0.138. The van der Waals surface area contributed by atoms with Crippen molar-refractivity contribution in [1.82, 2.24) is 9.80 Å². The van der Waals surface area contributed by atoms with Crippen molar-refractivity contribution in [3.63, 3.8) is 0 Å². The molecule has 6 heteroatoms. The maximum Gasteiger partial charge on any atom is 0.416 e. The number of likely N-dealkylation sites (tertiary alicyclic amines) is 1. The fraction of sp³-hybridized carbons (Fsp3) is 0.588. The van der Waals surface area contributed by atoms with Gasteiger partial charge < -0.3 is 4.90 Å². The number of carbonyl (C=O) groups is 1. The molecule has 0 radical (unpaired) electrons. The van der Waals surface area contributed by atoms with Crippen LogP contribution in [0, 0.1) is 11.8 Å². The molecule has 3 aliphatic rings. The molecular weight excluding hydrogens is 305 g/mol. The van der Waals surface area contributed by atoms with Crippen LogP contribution in [0.15, 0.2) is 12.1 Å². The summed E-state index contributed by atoms with van der Waals surface area (Å²) in [5.41, 5.74) is 0.277.